The van der Waals surface area contributed by atoms with Gasteiger partial charge in [0.15, 0.2) is 0 Å². The van der Waals surface area contributed by atoms with E-state index in [9.17, 15) is 30.0 Å². The number of hydrogen-bond acceptors (Lipinski definition) is 8. The largest absolute Gasteiger partial charge is 0.493 e. The molecule has 0 atom stereocenters. The quantitative estimate of drug-likeness (QED) is 0.549. The predicted octanol–water partition coefficient (Wildman–Crippen LogP) is 0.557. The van der Waals surface area contributed by atoms with Gasteiger partial charge in [-0.05, 0) is 37.1 Å². The molecule has 0 bridgehead atoms. The number of nitrogens with zero attached hydrogens (tertiary/aromatic N) is 6. The molecule has 0 saturated carbocycles. The maximum absolute atomic E-state index is 12.8. The summed E-state index contributed by atoms with van der Waals surface area (Å²) < 4.78 is 0.954. The van der Waals surface area contributed by atoms with Crippen LogP contribution >= 0.6 is 0 Å². The topological polar surface area (TPSA) is 134 Å². The number of rotatable bonds is 4. The Kier molecular flexibility index (Phi) is 6.49. The highest BCUT2D eigenvalue weighted by molar-refractivity contribution is 6.17. The van der Waals surface area contributed by atoms with Gasteiger partial charge in [0.05, 0.1) is 0 Å². The van der Waals surface area contributed by atoms with Crippen LogP contribution in [0.15, 0.2) is 33.7 Å². The Bertz CT molecular complexity index is 1200. The summed E-state index contributed by atoms with van der Waals surface area (Å²) in [5.74, 6) is -1.68. The van der Waals surface area contributed by atoms with Crippen molar-refractivity contribution >= 4 is 17.9 Å². The fourth-order valence-electron chi connectivity index (χ4n) is 3.18. The molecule has 0 unspecified atom stereocenters. The molecule has 1 aromatic heterocycles. The zero-order valence-electron chi connectivity index (χ0n) is 18.1. The summed E-state index contributed by atoms with van der Waals surface area (Å²) in [6.07, 6.45) is 4.30. The molecule has 2 rings (SSSR count). The summed E-state index contributed by atoms with van der Waals surface area (Å²) in [4.78, 5) is 37.6. The van der Waals surface area contributed by atoms with Crippen LogP contribution in [-0.4, -0.2) is 59.8 Å². The molecule has 10 heteroatoms. The van der Waals surface area contributed by atoms with Crippen LogP contribution in [0.1, 0.15) is 23.6 Å². The van der Waals surface area contributed by atoms with Crippen molar-refractivity contribution in [1.29, 1.82) is 10.5 Å². The Labute approximate surface area is 179 Å². The van der Waals surface area contributed by atoms with E-state index in [4.69, 9.17) is 0 Å². The van der Waals surface area contributed by atoms with E-state index in [0.29, 0.717) is 0 Å². The molecule has 0 spiro atoms. The fourth-order valence-corrected chi connectivity index (χ4v) is 3.18. The second-order valence-electron chi connectivity index (χ2n) is 7.13. The normalized spacial score (nSPS) is 15.8. The summed E-state index contributed by atoms with van der Waals surface area (Å²) in [5, 5.41) is 32.8. The smallest absolute Gasteiger partial charge is 0.290 e. The first-order valence-electron chi connectivity index (χ1n) is 9.11. The first kappa shape index (κ1) is 23.1. The van der Waals surface area contributed by atoms with Gasteiger partial charge in [0.1, 0.15) is 23.3 Å². The van der Waals surface area contributed by atoms with Crippen molar-refractivity contribution in [3.63, 3.8) is 0 Å². The van der Waals surface area contributed by atoms with Crippen molar-refractivity contribution in [2.75, 3.05) is 33.2 Å². The molecule has 0 radical (unpaired) electrons. The van der Waals surface area contributed by atoms with Gasteiger partial charge in [0.25, 0.3) is 17.4 Å². The fraction of sp³-hybridized carbons (Fsp3) is 0.286. The standard InChI is InChI=1S/C21H22N6O4/c1-12-14(18(28)26(24(3)4)20(30)16(12)10-22)8-7-9-15-13(2)17(11-23)21(31)27(19(15)29)25(5)6/h7-9,28H,1-6H3/b8-7+,15-9+. The van der Waals surface area contributed by atoms with Gasteiger partial charge in [-0.25, -0.2) is 10.0 Å². The number of hydrogen-bond donors (Lipinski definition) is 1. The second kappa shape index (κ2) is 8.69. The number of carbonyl (C=O) groups excluding carboxylic acids is 2. The van der Waals surface area contributed by atoms with Gasteiger partial charge in [-0.3, -0.25) is 14.4 Å². The van der Waals surface area contributed by atoms with Gasteiger partial charge in [-0.1, -0.05) is 6.08 Å². The molecule has 1 N–H and O–H groups in total. The number of allylic oxidation sites excluding steroid dienone is 2. The average molecular weight is 422 g/mol. The second-order valence-corrected chi connectivity index (χ2v) is 7.13. The molecule has 0 aromatic carbocycles. The van der Waals surface area contributed by atoms with Gasteiger partial charge >= 0.3 is 0 Å². The molecular formula is C21H22N6O4. The van der Waals surface area contributed by atoms with Gasteiger partial charge in [0, 0.05) is 39.3 Å². The lowest BCUT2D eigenvalue weighted by Gasteiger charge is -2.31. The highest BCUT2D eigenvalue weighted by Crippen LogP contribution is 2.27. The molecule has 10 nitrogen and oxygen atoms in total. The van der Waals surface area contributed by atoms with E-state index in [1.165, 1.54) is 70.3 Å². The number of aromatic nitrogens is 1. The highest BCUT2D eigenvalue weighted by atomic mass is 16.3. The predicted molar refractivity (Wildman–Crippen MR) is 113 cm³/mol. The van der Waals surface area contributed by atoms with Crippen LogP contribution in [-0.2, 0) is 9.59 Å². The third kappa shape index (κ3) is 3.84. The van der Waals surface area contributed by atoms with E-state index in [1.54, 1.807) is 0 Å². The molecule has 2 amide bonds. The maximum atomic E-state index is 12.8. The number of amides is 2. The van der Waals surface area contributed by atoms with Crippen molar-refractivity contribution < 1.29 is 14.7 Å². The van der Waals surface area contributed by atoms with Gasteiger partial charge in [-0.2, -0.15) is 15.2 Å². The molecule has 1 aliphatic rings. The molecule has 0 saturated heterocycles. The molecule has 31 heavy (non-hydrogen) atoms. The third-order valence-electron chi connectivity index (χ3n) is 4.78. The molecule has 0 fully saturated rings. The summed E-state index contributed by atoms with van der Waals surface area (Å²) >= 11 is 0. The average Bonchev–Trinajstić information content (AvgIpc) is 2.66. The monoisotopic (exact) mass is 422 g/mol. The summed E-state index contributed by atoms with van der Waals surface area (Å²) in [6.45, 7) is 3.04. The minimum Gasteiger partial charge on any atom is -0.493 e. The lowest BCUT2D eigenvalue weighted by Crippen LogP contribution is -2.50. The Balaban J connectivity index is 2.67. The molecule has 2 heterocycles. The lowest BCUT2D eigenvalue weighted by molar-refractivity contribution is -0.155. The molecule has 0 aliphatic carbocycles. The SMILES string of the molecule is CC1=C(C#N)C(=O)N(N(C)C)C(=O)/C1=C/C=C/c1c(C)c(C#N)c(=O)n(N(C)C)c1O. The Hall–Kier alpha value is -4.15. The Morgan fingerprint density at radius 1 is 0.968 bits per heavy atom. The molecule has 1 aliphatic heterocycles. The van der Waals surface area contributed by atoms with E-state index < -0.39 is 17.4 Å². The molecule has 1 aromatic rings. The minimum atomic E-state index is -0.707. The Morgan fingerprint density at radius 2 is 1.58 bits per heavy atom. The Morgan fingerprint density at radius 3 is 2.06 bits per heavy atom. The molecule has 160 valence electrons. The van der Waals surface area contributed by atoms with E-state index in [1.807, 2.05) is 12.1 Å². The maximum Gasteiger partial charge on any atom is 0.290 e. The van der Waals surface area contributed by atoms with Crippen molar-refractivity contribution in [1.82, 2.24) is 14.7 Å². The van der Waals surface area contributed by atoms with Crippen molar-refractivity contribution in [3.8, 4) is 18.0 Å². The number of carbonyl (C=O) groups is 2. The minimum absolute atomic E-state index is 0.125. The number of nitriles is 2. The summed E-state index contributed by atoms with van der Waals surface area (Å²) in [6, 6.07) is 3.68. The van der Waals surface area contributed by atoms with E-state index in [2.05, 4.69) is 0 Å². The van der Waals surface area contributed by atoms with Crippen LogP contribution in [0.4, 0.5) is 0 Å². The van der Waals surface area contributed by atoms with E-state index >= 15 is 0 Å². The highest BCUT2D eigenvalue weighted by Gasteiger charge is 2.36. The van der Waals surface area contributed by atoms with Crippen molar-refractivity contribution in [2.24, 2.45) is 0 Å². The zero-order chi connectivity index (χ0) is 23.6. The van der Waals surface area contributed by atoms with Crippen LogP contribution < -0.4 is 10.6 Å². The van der Waals surface area contributed by atoms with E-state index in [-0.39, 0.29) is 39.3 Å². The van der Waals surface area contributed by atoms with Crippen LogP contribution in [0.3, 0.4) is 0 Å². The first-order valence-corrected chi connectivity index (χ1v) is 9.11. The summed E-state index contributed by atoms with van der Waals surface area (Å²) in [5.41, 5.74) is -0.0787. The third-order valence-corrected chi connectivity index (χ3v) is 4.78. The van der Waals surface area contributed by atoms with Crippen LogP contribution in [0.2, 0.25) is 0 Å². The van der Waals surface area contributed by atoms with Crippen molar-refractivity contribution in [2.45, 2.75) is 13.8 Å². The first-order chi connectivity index (χ1) is 14.5. The number of hydrazine groups is 1. The van der Waals surface area contributed by atoms with E-state index in [0.717, 1.165) is 9.69 Å². The van der Waals surface area contributed by atoms with Crippen LogP contribution in [0, 0.1) is 29.6 Å². The van der Waals surface area contributed by atoms with Crippen LogP contribution in [0.5, 0.6) is 5.88 Å². The van der Waals surface area contributed by atoms with Gasteiger partial charge in [0.2, 0.25) is 5.88 Å². The number of aromatic hydroxyl groups is 1. The zero-order valence-corrected chi connectivity index (χ0v) is 18.1. The molecular weight excluding hydrogens is 400 g/mol. The number of pyridine rings is 1. The van der Waals surface area contributed by atoms with Gasteiger partial charge < -0.3 is 10.1 Å². The van der Waals surface area contributed by atoms with Crippen LogP contribution in [0.25, 0.3) is 6.08 Å². The summed E-state index contributed by atoms with van der Waals surface area (Å²) in [7, 11) is 6.10. The van der Waals surface area contributed by atoms with Crippen molar-refractivity contribution in [3.05, 3.63) is 55.9 Å². The number of imide groups is 1. The lowest BCUT2D eigenvalue weighted by atomic mass is 9.95. The van der Waals surface area contributed by atoms with Gasteiger partial charge in [-0.15, -0.1) is 0 Å².